The van der Waals surface area contributed by atoms with Gasteiger partial charge in [-0.1, -0.05) is 6.92 Å². The van der Waals surface area contributed by atoms with Crippen molar-refractivity contribution in [3.05, 3.63) is 11.6 Å². The molecule has 0 spiro atoms. The quantitative estimate of drug-likeness (QED) is 0.860. The summed E-state index contributed by atoms with van der Waals surface area (Å²) in [6.07, 6.45) is 2.15. The van der Waals surface area contributed by atoms with E-state index in [-0.39, 0.29) is 0 Å². The molecule has 1 aromatic rings. The Morgan fingerprint density at radius 3 is 3.06 bits per heavy atom. The van der Waals surface area contributed by atoms with E-state index in [2.05, 4.69) is 27.0 Å². The van der Waals surface area contributed by atoms with Gasteiger partial charge >= 0.3 is 0 Å². The van der Waals surface area contributed by atoms with E-state index in [9.17, 15) is 0 Å². The molecule has 1 unspecified atom stereocenters. The highest BCUT2D eigenvalue weighted by Gasteiger charge is 2.17. The molecule has 1 saturated heterocycles. The highest BCUT2D eigenvalue weighted by atomic mass is 32.2. The van der Waals surface area contributed by atoms with Gasteiger partial charge in [-0.2, -0.15) is 11.8 Å². The third-order valence-corrected chi connectivity index (χ3v) is 4.02. The van der Waals surface area contributed by atoms with Crippen LogP contribution in [0.2, 0.25) is 0 Å². The molecular weight excluding hydrogens is 220 g/mol. The summed E-state index contributed by atoms with van der Waals surface area (Å²) in [5.41, 5.74) is 0. The van der Waals surface area contributed by atoms with Gasteiger partial charge in [0.25, 0.3) is 0 Å². The van der Waals surface area contributed by atoms with Crippen LogP contribution >= 0.6 is 11.8 Å². The highest BCUT2D eigenvalue weighted by Crippen LogP contribution is 2.12. The van der Waals surface area contributed by atoms with Crippen molar-refractivity contribution in [1.29, 1.82) is 0 Å². The molecule has 1 atom stereocenters. The molecule has 4 nitrogen and oxygen atoms in total. The molecule has 0 saturated carbocycles. The smallest absolute Gasteiger partial charge is 0.134 e. The molecule has 1 aliphatic rings. The van der Waals surface area contributed by atoms with Crippen molar-refractivity contribution in [1.82, 2.24) is 20.1 Å². The first-order valence-electron chi connectivity index (χ1n) is 6.01. The normalized spacial score (nSPS) is 21.2. The molecule has 0 bridgehead atoms. The Kier molecular flexibility index (Phi) is 4.23. The molecule has 1 N–H and O–H groups in total. The van der Waals surface area contributed by atoms with Gasteiger partial charge in [0.2, 0.25) is 0 Å². The first-order valence-corrected chi connectivity index (χ1v) is 7.16. The fourth-order valence-electron chi connectivity index (χ4n) is 2.06. The molecule has 5 heteroatoms. The van der Waals surface area contributed by atoms with Gasteiger partial charge in [0, 0.05) is 37.1 Å². The monoisotopic (exact) mass is 240 g/mol. The molecular formula is C11H20N4S. The summed E-state index contributed by atoms with van der Waals surface area (Å²) >= 11 is 2.03. The summed E-state index contributed by atoms with van der Waals surface area (Å²) in [5.74, 6) is 4.61. The second-order valence-electron chi connectivity index (χ2n) is 4.25. The largest absolute Gasteiger partial charge is 0.315 e. The number of aromatic nitrogens is 3. The fourth-order valence-corrected chi connectivity index (χ4v) is 3.01. The third kappa shape index (κ3) is 2.77. The van der Waals surface area contributed by atoms with Crippen LogP contribution in [-0.2, 0) is 13.0 Å². The average molecular weight is 240 g/mol. The summed E-state index contributed by atoms with van der Waals surface area (Å²) < 4.78 is 2.25. The second kappa shape index (κ2) is 5.68. The molecule has 1 aliphatic heterocycles. The van der Waals surface area contributed by atoms with Gasteiger partial charge in [-0.25, -0.2) is 0 Å². The number of rotatable bonds is 4. The van der Waals surface area contributed by atoms with Crippen molar-refractivity contribution in [2.45, 2.75) is 39.3 Å². The molecule has 0 aliphatic carbocycles. The standard InChI is InChI=1S/C11H20N4S/c1-3-5-15-9(2)13-14-11(15)7-10-8-16-6-4-12-10/h10,12H,3-8H2,1-2H3. The Morgan fingerprint density at radius 2 is 2.38 bits per heavy atom. The SMILES string of the molecule is CCCn1c(C)nnc1CC1CSCCN1. The van der Waals surface area contributed by atoms with E-state index >= 15 is 0 Å². The van der Waals surface area contributed by atoms with Gasteiger partial charge in [-0.15, -0.1) is 10.2 Å². The van der Waals surface area contributed by atoms with Crippen molar-refractivity contribution in [2.24, 2.45) is 0 Å². The summed E-state index contributed by atoms with van der Waals surface area (Å²) in [7, 11) is 0. The Bertz CT molecular complexity index is 331. The van der Waals surface area contributed by atoms with Crippen LogP contribution in [0.1, 0.15) is 25.0 Å². The lowest BCUT2D eigenvalue weighted by molar-refractivity contribution is 0.525. The predicted octanol–water partition coefficient (Wildman–Crippen LogP) is 1.24. The van der Waals surface area contributed by atoms with E-state index in [1.807, 2.05) is 18.7 Å². The maximum atomic E-state index is 4.29. The van der Waals surface area contributed by atoms with Gasteiger partial charge < -0.3 is 9.88 Å². The van der Waals surface area contributed by atoms with E-state index in [0.717, 1.165) is 37.6 Å². The van der Waals surface area contributed by atoms with Crippen molar-refractivity contribution >= 4 is 11.8 Å². The van der Waals surface area contributed by atoms with Crippen LogP contribution in [0, 0.1) is 6.92 Å². The summed E-state index contributed by atoms with van der Waals surface area (Å²) in [6.45, 7) is 6.39. The lowest BCUT2D eigenvalue weighted by Crippen LogP contribution is -2.39. The first-order chi connectivity index (χ1) is 7.81. The third-order valence-electron chi connectivity index (χ3n) is 2.89. The lowest BCUT2D eigenvalue weighted by atomic mass is 10.2. The maximum Gasteiger partial charge on any atom is 0.134 e. The average Bonchev–Trinajstić information content (AvgIpc) is 2.64. The molecule has 2 rings (SSSR count). The minimum Gasteiger partial charge on any atom is -0.315 e. The van der Waals surface area contributed by atoms with Gasteiger partial charge in [0.05, 0.1) is 0 Å². The molecule has 2 heterocycles. The van der Waals surface area contributed by atoms with Crippen molar-refractivity contribution in [3.63, 3.8) is 0 Å². The van der Waals surface area contributed by atoms with Crippen LogP contribution in [0.5, 0.6) is 0 Å². The number of aryl methyl sites for hydroxylation is 1. The van der Waals surface area contributed by atoms with Crippen molar-refractivity contribution < 1.29 is 0 Å². The second-order valence-corrected chi connectivity index (χ2v) is 5.39. The number of hydrogen-bond donors (Lipinski definition) is 1. The van der Waals surface area contributed by atoms with Gasteiger partial charge in [-0.3, -0.25) is 0 Å². The summed E-state index contributed by atoms with van der Waals surface area (Å²) in [4.78, 5) is 0. The minimum absolute atomic E-state index is 0.568. The van der Waals surface area contributed by atoms with Crippen LogP contribution in [0.4, 0.5) is 0 Å². The molecule has 16 heavy (non-hydrogen) atoms. The van der Waals surface area contributed by atoms with Crippen LogP contribution in [-0.4, -0.2) is 38.9 Å². The number of nitrogens with one attached hydrogen (secondary N) is 1. The van der Waals surface area contributed by atoms with E-state index in [1.165, 1.54) is 11.5 Å². The van der Waals surface area contributed by atoms with Gasteiger partial charge in [0.15, 0.2) is 0 Å². The Hall–Kier alpha value is -0.550. The number of nitrogens with zero attached hydrogens (tertiary/aromatic N) is 3. The zero-order valence-electron chi connectivity index (χ0n) is 10.1. The van der Waals surface area contributed by atoms with Crippen molar-refractivity contribution in [2.75, 3.05) is 18.1 Å². The molecule has 1 fully saturated rings. The Balaban J connectivity index is 2.02. The van der Waals surface area contributed by atoms with E-state index in [1.54, 1.807) is 0 Å². The van der Waals surface area contributed by atoms with Crippen LogP contribution in [0.15, 0.2) is 0 Å². The van der Waals surface area contributed by atoms with Crippen LogP contribution < -0.4 is 5.32 Å². The molecule has 0 amide bonds. The van der Waals surface area contributed by atoms with Crippen LogP contribution in [0.3, 0.4) is 0 Å². The van der Waals surface area contributed by atoms with Gasteiger partial charge in [0.1, 0.15) is 11.6 Å². The molecule has 0 radical (unpaired) electrons. The molecule has 0 aromatic carbocycles. The Labute approximate surface area is 101 Å². The first kappa shape index (κ1) is 11.9. The minimum atomic E-state index is 0.568. The predicted molar refractivity (Wildman–Crippen MR) is 67.9 cm³/mol. The fraction of sp³-hybridized carbons (Fsp3) is 0.818. The van der Waals surface area contributed by atoms with E-state index in [0.29, 0.717) is 6.04 Å². The number of thioether (sulfide) groups is 1. The summed E-state index contributed by atoms with van der Waals surface area (Å²) in [6, 6.07) is 0.568. The zero-order chi connectivity index (χ0) is 11.4. The van der Waals surface area contributed by atoms with E-state index in [4.69, 9.17) is 0 Å². The summed E-state index contributed by atoms with van der Waals surface area (Å²) in [5, 5.41) is 12.0. The van der Waals surface area contributed by atoms with Crippen molar-refractivity contribution in [3.8, 4) is 0 Å². The zero-order valence-corrected chi connectivity index (χ0v) is 10.9. The van der Waals surface area contributed by atoms with Gasteiger partial charge in [-0.05, 0) is 13.3 Å². The van der Waals surface area contributed by atoms with Crippen LogP contribution in [0.25, 0.3) is 0 Å². The topological polar surface area (TPSA) is 42.7 Å². The molecule has 1 aromatic heterocycles. The Morgan fingerprint density at radius 1 is 1.50 bits per heavy atom. The number of hydrogen-bond acceptors (Lipinski definition) is 4. The highest BCUT2D eigenvalue weighted by molar-refractivity contribution is 7.99. The molecule has 90 valence electrons. The van der Waals surface area contributed by atoms with E-state index < -0.39 is 0 Å². The maximum absolute atomic E-state index is 4.29. The lowest BCUT2D eigenvalue weighted by Gasteiger charge is -2.22.